The van der Waals surface area contributed by atoms with Crippen molar-refractivity contribution in [1.82, 2.24) is 0 Å². The van der Waals surface area contributed by atoms with Crippen LogP contribution in [0, 0.1) is 0 Å². The van der Waals surface area contributed by atoms with Gasteiger partial charge in [-0.15, -0.1) is 0 Å². The third-order valence-corrected chi connectivity index (χ3v) is 1.90. The molecule has 0 radical (unpaired) electrons. The summed E-state index contributed by atoms with van der Waals surface area (Å²) in [6, 6.07) is 9.12. The van der Waals surface area contributed by atoms with Gasteiger partial charge in [-0.1, -0.05) is 30.3 Å². The number of hydrogen-bond acceptors (Lipinski definition) is 2. The van der Waals surface area contributed by atoms with Gasteiger partial charge in [0.1, 0.15) is 0 Å². The Hall–Kier alpha value is -1.57. The van der Waals surface area contributed by atoms with E-state index < -0.39 is 0 Å². The monoisotopic (exact) mass is 190 g/mol. The minimum absolute atomic E-state index is 0.0619. The molecule has 1 rings (SSSR count). The number of methoxy groups -OCH3 is 1. The van der Waals surface area contributed by atoms with Crippen LogP contribution < -0.4 is 0 Å². The molecule has 0 fully saturated rings. The first-order valence-electron chi connectivity index (χ1n) is 4.48. The Morgan fingerprint density at radius 2 is 1.71 bits per heavy atom. The zero-order valence-corrected chi connectivity index (χ0v) is 8.70. The van der Waals surface area contributed by atoms with E-state index in [4.69, 9.17) is 4.74 Å². The molecule has 1 aromatic rings. The summed E-state index contributed by atoms with van der Waals surface area (Å²) in [5.41, 5.74) is 1.55. The van der Waals surface area contributed by atoms with Gasteiger partial charge in [-0.25, -0.2) is 0 Å². The molecule has 74 valence electrons. The highest BCUT2D eigenvalue weighted by Gasteiger charge is 2.13. The van der Waals surface area contributed by atoms with Crippen LogP contribution in [0.1, 0.15) is 24.2 Å². The zero-order valence-electron chi connectivity index (χ0n) is 8.70. The first-order chi connectivity index (χ1) is 6.66. The van der Waals surface area contributed by atoms with Crippen LogP contribution in [0.3, 0.4) is 0 Å². The third-order valence-electron chi connectivity index (χ3n) is 1.90. The molecule has 0 bridgehead atoms. The minimum atomic E-state index is -0.0619. The number of rotatable bonds is 3. The fraction of sp³-hybridized carbons (Fsp3) is 0.250. The summed E-state index contributed by atoms with van der Waals surface area (Å²) in [6.45, 7) is 3.72. The van der Waals surface area contributed by atoms with Crippen LogP contribution in [-0.2, 0) is 4.74 Å². The predicted octanol–water partition coefficient (Wildman–Crippen LogP) is 2.81. The average molecular weight is 190 g/mol. The van der Waals surface area contributed by atoms with Crippen LogP contribution in [-0.4, -0.2) is 12.9 Å². The second-order valence-corrected chi connectivity index (χ2v) is 3.23. The van der Waals surface area contributed by atoms with Gasteiger partial charge < -0.3 is 4.74 Å². The van der Waals surface area contributed by atoms with E-state index in [9.17, 15) is 4.79 Å². The van der Waals surface area contributed by atoms with E-state index in [2.05, 4.69) is 0 Å². The summed E-state index contributed by atoms with van der Waals surface area (Å²) >= 11 is 0. The molecule has 2 heteroatoms. The lowest BCUT2D eigenvalue weighted by molar-refractivity contribution is 0.0950. The molecule has 0 aliphatic heterocycles. The second kappa shape index (κ2) is 4.61. The Morgan fingerprint density at radius 3 is 2.14 bits per heavy atom. The summed E-state index contributed by atoms with van der Waals surface area (Å²) in [5.74, 6) is 0.365. The lowest BCUT2D eigenvalue weighted by atomic mass is 10.1. The van der Waals surface area contributed by atoms with Gasteiger partial charge in [-0.05, 0) is 19.4 Å². The molecule has 0 saturated carbocycles. The lowest BCUT2D eigenvalue weighted by Crippen LogP contribution is -2.06. The van der Waals surface area contributed by atoms with Crippen molar-refractivity contribution in [2.75, 3.05) is 7.11 Å². The SMILES string of the molecule is COC(C(=O)c1ccccc1)=C(C)C. The van der Waals surface area contributed by atoms with Crippen molar-refractivity contribution in [3.8, 4) is 0 Å². The summed E-state index contributed by atoms with van der Waals surface area (Å²) in [4.78, 5) is 11.8. The van der Waals surface area contributed by atoms with Gasteiger partial charge in [0.2, 0.25) is 5.78 Å². The van der Waals surface area contributed by atoms with Gasteiger partial charge in [0, 0.05) is 5.56 Å². The molecule has 0 unspecified atom stereocenters. The van der Waals surface area contributed by atoms with Crippen molar-refractivity contribution in [2.24, 2.45) is 0 Å². The minimum Gasteiger partial charge on any atom is -0.493 e. The molecule has 0 amide bonds. The fourth-order valence-corrected chi connectivity index (χ4v) is 1.24. The van der Waals surface area contributed by atoms with E-state index >= 15 is 0 Å². The van der Waals surface area contributed by atoms with E-state index in [1.807, 2.05) is 32.0 Å². The fourth-order valence-electron chi connectivity index (χ4n) is 1.24. The van der Waals surface area contributed by atoms with E-state index in [-0.39, 0.29) is 5.78 Å². The molecule has 0 aliphatic carbocycles. The Morgan fingerprint density at radius 1 is 1.14 bits per heavy atom. The lowest BCUT2D eigenvalue weighted by Gasteiger charge is -2.06. The number of benzene rings is 1. The molecule has 2 nitrogen and oxygen atoms in total. The zero-order chi connectivity index (χ0) is 10.6. The quantitative estimate of drug-likeness (QED) is 0.416. The van der Waals surface area contributed by atoms with E-state index in [1.54, 1.807) is 12.1 Å². The van der Waals surface area contributed by atoms with Crippen molar-refractivity contribution in [3.05, 3.63) is 47.2 Å². The van der Waals surface area contributed by atoms with Crippen LogP contribution >= 0.6 is 0 Å². The number of hydrogen-bond donors (Lipinski definition) is 0. The Balaban J connectivity index is 3.02. The molecular weight excluding hydrogens is 176 g/mol. The first-order valence-corrected chi connectivity index (χ1v) is 4.48. The maximum Gasteiger partial charge on any atom is 0.227 e. The number of ketones is 1. The Kier molecular flexibility index (Phi) is 3.46. The number of Topliss-reactive ketones (excluding diaryl/α,β-unsaturated/α-hetero) is 1. The number of allylic oxidation sites excluding steroid dienone is 2. The Bertz CT molecular complexity index is 346. The van der Waals surface area contributed by atoms with E-state index in [0.717, 1.165) is 5.57 Å². The highest BCUT2D eigenvalue weighted by Crippen LogP contribution is 2.12. The van der Waals surface area contributed by atoms with Crippen molar-refractivity contribution >= 4 is 5.78 Å². The number of ether oxygens (including phenoxy) is 1. The van der Waals surface area contributed by atoms with E-state index in [1.165, 1.54) is 7.11 Å². The van der Waals surface area contributed by atoms with Gasteiger partial charge in [-0.2, -0.15) is 0 Å². The smallest absolute Gasteiger partial charge is 0.227 e. The van der Waals surface area contributed by atoms with E-state index in [0.29, 0.717) is 11.3 Å². The topological polar surface area (TPSA) is 26.3 Å². The Labute approximate surface area is 84.2 Å². The van der Waals surface area contributed by atoms with Crippen LogP contribution in [0.15, 0.2) is 41.7 Å². The van der Waals surface area contributed by atoms with Crippen LogP contribution in [0.5, 0.6) is 0 Å². The molecule has 0 saturated heterocycles. The maximum atomic E-state index is 11.8. The first kappa shape index (κ1) is 10.5. The molecule has 1 aromatic carbocycles. The normalized spacial score (nSPS) is 9.36. The molecule has 0 spiro atoms. The van der Waals surface area contributed by atoms with Gasteiger partial charge in [0.25, 0.3) is 0 Å². The number of carbonyl (C=O) groups excluding carboxylic acids is 1. The second-order valence-electron chi connectivity index (χ2n) is 3.23. The summed E-state index contributed by atoms with van der Waals surface area (Å²) < 4.78 is 5.06. The predicted molar refractivity (Wildman–Crippen MR) is 56.2 cm³/mol. The molecule has 0 aromatic heterocycles. The standard InChI is InChI=1S/C12H14O2/c1-9(2)12(14-3)11(13)10-7-5-4-6-8-10/h4-8H,1-3H3. The highest BCUT2D eigenvalue weighted by molar-refractivity contribution is 6.07. The molecule has 0 N–H and O–H groups in total. The largest absolute Gasteiger partial charge is 0.493 e. The van der Waals surface area contributed by atoms with Crippen molar-refractivity contribution in [3.63, 3.8) is 0 Å². The summed E-state index contributed by atoms with van der Waals surface area (Å²) in [5, 5.41) is 0. The summed E-state index contributed by atoms with van der Waals surface area (Å²) in [7, 11) is 1.52. The molecule has 0 aliphatic rings. The molecular formula is C12H14O2. The maximum absolute atomic E-state index is 11.8. The van der Waals surface area contributed by atoms with Gasteiger partial charge in [-0.3, -0.25) is 4.79 Å². The van der Waals surface area contributed by atoms with Crippen molar-refractivity contribution in [2.45, 2.75) is 13.8 Å². The van der Waals surface area contributed by atoms with Crippen LogP contribution in [0.2, 0.25) is 0 Å². The van der Waals surface area contributed by atoms with Crippen LogP contribution in [0.25, 0.3) is 0 Å². The van der Waals surface area contributed by atoms with Crippen LogP contribution in [0.4, 0.5) is 0 Å². The number of carbonyl (C=O) groups is 1. The molecule has 0 atom stereocenters. The van der Waals surface area contributed by atoms with Gasteiger partial charge in [0.15, 0.2) is 5.76 Å². The van der Waals surface area contributed by atoms with Crippen molar-refractivity contribution in [1.29, 1.82) is 0 Å². The molecule has 14 heavy (non-hydrogen) atoms. The third kappa shape index (κ3) is 2.22. The van der Waals surface area contributed by atoms with Crippen molar-refractivity contribution < 1.29 is 9.53 Å². The van der Waals surface area contributed by atoms with Gasteiger partial charge >= 0.3 is 0 Å². The highest BCUT2D eigenvalue weighted by atomic mass is 16.5. The molecule has 0 heterocycles. The average Bonchev–Trinajstić information content (AvgIpc) is 2.19. The summed E-state index contributed by atoms with van der Waals surface area (Å²) in [6.07, 6.45) is 0. The van der Waals surface area contributed by atoms with Gasteiger partial charge in [0.05, 0.1) is 7.11 Å².